The second-order valence-corrected chi connectivity index (χ2v) is 8.44. The number of esters is 1. The number of carbonyl (C=O) groups excluding carboxylic acids is 2. The highest BCUT2D eigenvalue weighted by atomic mass is 127. The predicted octanol–water partition coefficient (Wildman–Crippen LogP) is 2.99. The van der Waals surface area contributed by atoms with Gasteiger partial charge in [-0.15, -0.1) is 0 Å². The van der Waals surface area contributed by atoms with Crippen molar-refractivity contribution in [2.24, 2.45) is 29.1 Å². The molecule has 1 saturated heterocycles. The SMILES string of the molecule is C[C@@H]1C(=O)O[C@H]2[C@H]1CC[C@@]1(C)C[C@@H](I)C(=O)[C@@H](C)[C@H]21. The number of Topliss-reactive ketones (excluding diaryl/α,β-unsaturated/α-hetero) is 1. The van der Waals surface area contributed by atoms with Gasteiger partial charge in [0, 0.05) is 17.8 Å². The van der Waals surface area contributed by atoms with E-state index in [0.29, 0.717) is 11.7 Å². The van der Waals surface area contributed by atoms with Crippen LogP contribution in [0.1, 0.15) is 40.0 Å². The Hall–Kier alpha value is -0.130. The Labute approximate surface area is 128 Å². The highest BCUT2D eigenvalue weighted by Crippen LogP contribution is 2.57. The smallest absolute Gasteiger partial charge is 0.309 e. The Kier molecular flexibility index (Phi) is 3.23. The fourth-order valence-corrected chi connectivity index (χ4v) is 6.27. The van der Waals surface area contributed by atoms with E-state index in [1.165, 1.54) is 0 Å². The van der Waals surface area contributed by atoms with E-state index in [9.17, 15) is 9.59 Å². The third kappa shape index (κ3) is 1.88. The zero-order valence-corrected chi connectivity index (χ0v) is 13.8. The first-order chi connectivity index (χ1) is 8.85. The van der Waals surface area contributed by atoms with Gasteiger partial charge < -0.3 is 4.74 Å². The second kappa shape index (κ2) is 4.43. The van der Waals surface area contributed by atoms with Gasteiger partial charge in [0.15, 0.2) is 0 Å². The van der Waals surface area contributed by atoms with Crippen molar-refractivity contribution in [1.82, 2.24) is 0 Å². The van der Waals surface area contributed by atoms with Crippen molar-refractivity contribution in [3.05, 3.63) is 0 Å². The summed E-state index contributed by atoms with van der Waals surface area (Å²) in [7, 11) is 0. The lowest BCUT2D eigenvalue weighted by molar-refractivity contribution is -0.157. The Morgan fingerprint density at radius 2 is 1.95 bits per heavy atom. The summed E-state index contributed by atoms with van der Waals surface area (Å²) in [4.78, 5) is 24.2. The van der Waals surface area contributed by atoms with Crippen molar-refractivity contribution in [1.29, 1.82) is 0 Å². The van der Waals surface area contributed by atoms with Gasteiger partial charge in [-0.2, -0.15) is 0 Å². The summed E-state index contributed by atoms with van der Waals surface area (Å²) in [5.74, 6) is 0.862. The molecule has 3 rings (SSSR count). The molecule has 0 bridgehead atoms. The number of carbonyl (C=O) groups is 2. The van der Waals surface area contributed by atoms with Crippen LogP contribution in [0.15, 0.2) is 0 Å². The molecule has 0 spiro atoms. The van der Waals surface area contributed by atoms with Crippen LogP contribution in [0.4, 0.5) is 0 Å². The fourth-order valence-electron chi connectivity index (χ4n) is 4.70. The molecule has 4 heteroatoms. The molecule has 0 radical (unpaired) electrons. The monoisotopic (exact) mass is 376 g/mol. The van der Waals surface area contributed by atoms with Crippen LogP contribution in [0, 0.1) is 29.1 Å². The summed E-state index contributed by atoms with van der Waals surface area (Å²) in [5, 5.41) is 0. The van der Waals surface area contributed by atoms with Gasteiger partial charge in [0.05, 0.1) is 9.84 Å². The first kappa shape index (κ1) is 13.8. The van der Waals surface area contributed by atoms with Crippen LogP contribution in [0.25, 0.3) is 0 Å². The summed E-state index contributed by atoms with van der Waals surface area (Å²) >= 11 is 2.29. The summed E-state index contributed by atoms with van der Waals surface area (Å²) in [6, 6.07) is 0. The predicted molar refractivity (Wildman–Crippen MR) is 80.0 cm³/mol. The van der Waals surface area contributed by atoms with Crippen LogP contribution in [0.5, 0.6) is 0 Å². The average molecular weight is 376 g/mol. The van der Waals surface area contributed by atoms with Crippen LogP contribution in [0.2, 0.25) is 0 Å². The van der Waals surface area contributed by atoms with Crippen molar-refractivity contribution in [2.45, 2.75) is 50.1 Å². The van der Waals surface area contributed by atoms with Gasteiger partial charge in [0.1, 0.15) is 11.9 Å². The molecule has 0 unspecified atom stereocenters. The molecule has 3 fully saturated rings. The normalized spacial score (nSPS) is 53.5. The van der Waals surface area contributed by atoms with Crippen molar-refractivity contribution in [2.75, 3.05) is 0 Å². The van der Waals surface area contributed by atoms with E-state index in [2.05, 4.69) is 29.5 Å². The van der Waals surface area contributed by atoms with Crippen molar-refractivity contribution in [3.63, 3.8) is 0 Å². The second-order valence-electron chi connectivity index (χ2n) is 6.94. The number of rotatable bonds is 0. The van der Waals surface area contributed by atoms with E-state index in [4.69, 9.17) is 4.74 Å². The summed E-state index contributed by atoms with van der Waals surface area (Å²) < 4.78 is 5.80. The molecule has 0 aromatic carbocycles. The Morgan fingerprint density at radius 3 is 2.63 bits per heavy atom. The van der Waals surface area contributed by atoms with Crippen molar-refractivity contribution >= 4 is 34.3 Å². The molecule has 0 aromatic heterocycles. The molecule has 2 aliphatic carbocycles. The van der Waals surface area contributed by atoms with E-state index in [-0.39, 0.29) is 39.2 Å². The maximum Gasteiger partial charge on any atom is 0.309 e. The zero-order valence-electron chi connectivity index (χ0n) is 11.7. The minimum atomic E-state index is -0.0597. The average Bonchev–Trinajstić information content (AvgIpc) is 2.61. The van der Waals surface area contributed by atoms with Crippen LogP contribution < -0.4 is 0 Å². The molecule has 3 nitrogen and oxygen atoms in total. The lowest BCUT2D eigenvalue weighted by Crippen LogP contribution is -2.55. The molecule has 7 atom stereocenters. The first-order valence-electron chi connectivity index (χ1n) is 7.23. The minimum absolute atomic E-state index is 0.00850. The van der Waals surface area contributed by atoms with E-state index >= 15 is 0 Å². The molecular weight excluding hydrogens is 355 g/mol. The summed E-state index contributed by atoms with van der Waals surface area (Å²) in [5.41, 5.74) is 0.157. The molecular formula is C15H21IO3. The van der Waals surface area contributed by atoms with Crippen LogP contribution >= 0.6 is 22.6 Å². The van der Waals surface area contributed by atoms with Gasteiger partial charge in [-0.1, -0.05) is 43.4 Å². The number of hydrogen-bond acceptors (Lipinski definition) is 3. The number of fused-ring (bicyclic) bond motifs is 3. The fraction of sp³-hybridized carbons (Fsp3) is 0.867. The molecule has 3 aliphatic rings. The number of ketones is 1. The standard InChI is InChI=1S/C15H21IO3/c1-7-9-4-5-15(3)6-10(16)12(17)8(2)11(15)13(9)19-14(7)18/h7-11,13H,4-6H2,1-3H3/t7-,8-,9-,10+,11+,13-,15-/m0/s1. The van der Waals surface area contributed by atoms with Crippen LogP contribution in [-0.2, 0) is 14.3 Å². The Balaban J connectivity index is 1.96. The summed E-state index contributed by atoms with van der Waals surface area (Å²) in [6.45, 7) is 6.31. The van der Waals surface area contributed by atoms with Gasteiger partial charge in [-0.3, -0.25) is 9.59 Å². The Morgan fingerprint density at radius 1 is 1.26 bits per heavy atom. The van der Waals surface area contributed by atoms with Gasteiger partial charge in [0.2, 0.25) is 0 Å². The molecule has 106 valence electrons. The molecule has 0 amide bonds. The molecule has 0 aromatic rings. The number of halogens is 1. The maximum atomic E-state index is 12.3. The highest BCUT2D eigenvalue weighted by Gasteiger charge is 2.59. The Bertz CT molecular complexity index is 435. The van der Waals surface area contributed by atoms with Crippen LogP contribution in [-0.4, -0.2) is 21.8 Å². The maximum absolute atomic E-state index is 12.3. The third-order valence-electron chi connectivity index (χ3n) is 5.84. The molecule has 2 saturated carbocycles. The molecule has 1 aliphatic heterocycles. The van der Waals surface area contributed by atoms with Crippen molar-refractivity contribution in [3.8, 4) is 0 Å². The highest BCUT2D eigenvalue weighted by molar-refractivity contribution is 14.1. The third-order valence-corrected chi connectivity index (χ3v) is 6.89. The van der Waals surface area contributed by atoms with Gasteiger partial charge in [-0.05, 0) is 24.7 Å². The summed E-state index contributed by atoms with van der Waals surface area (Å²) in [6.07, 6.45) is 3.10. The topological polar surface area (TPSA) is 43.4 Å². The zero-order chi connectivity index (χ0) is 13.9. The number of hydrogen-bond donors (Lipinski definition) is 0. The minimum Gasteiger partial charge on any atom is -0.461 e. The number of ether oxygens (including phenoxy) is 1. The van der Waals surface area contributed by atoms with Crippen molar-refractivity contribution < 1.29 is 14.3 Å². The van der Waals surface area contributed by atoms with E-state index in [0.717, 1.165) is 19.3 Å². The van der Waals surface area contributed by atoms with Crippen LogP contribution in [0.3, 0.4) is 0 Å². The van der Waals surface area contributed by atoms with Gasteiger partial charge in [0.25, 0.3) is 0 Å². The largest absolute Gasteiger partial charge is 0.461 e. The van der Waals surface area contributed by atoms with E-state index in [1.54, 1.807) is 0 Å². The lowest BCUT2D eigenvalue weighted by atomic mass is 9.53. The molecule has 19 heavy (non-hydrogen) atoms. The van der Waals surface area contributed by atoms with E-state index in [1.807, 2.05) is 13.8 Å². The first-order valence-corrected chi connectivity index (χ1v) is 8.48. The molecule has 0 N–H and O–H groups in total. The van der Waals surface area contributed by atoms with E-state index < -0.39 is 0 Å². The quantitative estimate of drug-likeness (QED) is 0.371. The van der Waals surface area contributed by atoms with Gasteiger partial charge in [-0.25, -0.2) is 0 Å². The number of alkyl halides is 1. The molecule has 1 heterocycles. The van der Waals surface area contributed by atoms with Gasteiger partial charge >= 0.3 is 5.97 Å². The lowest BCUT2D eigenvalue weighted by Gasteiger charge is -2.52.